The summed E-state index contributed by atoms with van der Waals surface area (Å²) in [6.07, 6.45) is -8.21. The number of likely N-dealkylation sites (tertiary alicyclic amines) is 1. The molecule has 36 heavy (non-hydrogen) atoms. The molecular weight excluding hydrogens is 488 g/mol. The molecule has 2 unspecified atom stereocenters. The van der Waals surface area contributed by atoms with Crippen molar-refractivity contribution in [2.75, 3.05) is 26.3 Å². The minimum Gasteiger partial charge on any atom is -0.480 e. The second-order valence-corrected chi connectivity index (χ2v) is 8.34. The second-order valence-electron chi connectivity index (χ2n) is 8.34. The normalized spacial score (nSPS) is 16.9. The molecule has 0 aromatic heterocycles. The van der Waals surface area contributed by atoms with Gasteiger partial charge in [0.15, 0.2) is 5.78 Å². The zero-order valence-corrected chi connectivity index (χ0v) is 19.0. The van der Waals surface area contributed by atoms with Gasteiger partial charge in [-0.2, -0.15) is 13.2 Å². The number of aliphatic carboxylic acids is 1. The molecule has 1 fully saturated rings. The third kappa shape index (κ3) is 6.29. The van der Waals surface area contributed by atoms with E-state index in [1.54, 1.807) is 24.3 Å². The highest BCUT2D eigenvalue weighted by molar-refractivity contribution is 5.93. The Balaban J connectivity index is 1.89. The molecule has 1 aliphatic rings. The summed E-state index contributed by atoms with van der Waals surface area (Å²) in [5.41, 5.74) is -0.283. The van der Waals surface area contributed by atoms with Gasteiger partial charge in [-0.15, -0.1) is 0 Å². The van der Waals surface area contributed by atoms with E-state index < -0.39 is 61.8 Å². The van der Waals surface area contributed by atoms with E-state index >= 15 is 0 Å². The standard InChI is InChI=1S/C24H24F4N2O6/c25-12-16(31)13-29(14-20(32)33)22(34)19-10-3-4-11-30(19)23(35)36-21(24(26,27)28)18-9-5-7-15-6-1-2-8-17(15)18/h1-2,5-9,19,21H,3-4,10-14H2,(H,32,33). The second kappa shape index (κ2) is 11.4. The summed E-state index contributed by atoms with van der Waals surface area (Å²) in [6, 6.07) is 9.15. The maximum Gasteiger partial charge on any atom is 0.429 e. The first-order chi connectivity index (χ1) is 17.0. The number of halogens is 4. The molecule has 1 heterocycles. The number of rotatable bonds is 8. The molecule has 2 aromatic carbocycles. The minimum atomic E-state index is -4.97. The molecule has 0 radical (unpaired) electrons. The number of fused-ring (bicyclic) bond motifs is 1. The summed E-state index contributed by atoms with van der Waals surface area (Å²) in [4.78, 5) is 50.1. The molecule has 2 atom stereocenters. The topological polar surface area (TPSA) is 104 Å². The number of Topliss-reactive ketones (excluding diaryl/α,β-unsaturated/α-hetero) is 1. The van der Waals surface area contributed by atoms with E-state index in [1.165, 1.54) is 18.2 Å². The third-order valence-corrected chi connectivity index (χ3v) is 5.80. The lowest BCUT2D eigenvalue weighted by atomic mass is 9.99. The number of ether oxygens (including phenoxy) is 1. The van der Waals surface area contributed by atoms with E-state index in [4.69, 9.17) is 9.84 Å². The first-order valence-electron chi connectivity index (χ1n) is 11.1. The Kier molecular flexibility index (Phi) is 8.49. The maximum absolute atomic E-state index is 14.1. The number of benzene rings is 2. The van der Waals surface area contributed by atoms with Crippen molar-refractivity contribution in [1.82, 2.24) is 9.80 Å². The van der Waals surface area contributed by atoms with Crippen molar-refractivity contribution < 1.29 is 46.6 Å². The molecule has 194 valence electrons. The van der Waals surface area contributed by atoms with Crippen molar-refractivity contribution in [1.29, 1.82) is 0 Å². The van der Waals surface area contributed by atoms with Crippen LogP contribution in [-0.4, -0.2) is 77.2 Å². The van der Waals surface area contributed by atoms with Gasteiger partial charge in [0.25, 0.3) is 0 Å². The minimum absolute atomic E-state index is 0.0127. The van der Waals surface area contributed by atoms with Crippen LogP contribution in [0.15, 0.2) is 42.5 Å². The van der Waals surface area contributed by atoms with Gasteiger partial charge in [-0.25, -0.2) is 9.18 Å². The number of alkyl halides is 4. The van der Waals surface area contributed by atoms with Crippen molar-refractivity contribution in [2.24, 2.45) is 0 Å². The van der Waals surface area contributed by atoms with Gasteiger partial charge < -0.3 is 14.7 Å². The van der Waals surface area contributed by atoms with Crippen LogP contribution >= 0.6 is 0 Å². The number of ketones is 1. The summed E-state index contributed by atoms with van der Waals surface area (Å²) < 4.78 is 59.8. The summed E-state index contributed by atoms with van der Waals surface area (Å²) in [6.45, 7) is -3.33. The van der Waals surface area contributed by atoms with Crippen LogP contribution in [0.3, 0.4) is 0 Å². The number of carbonyl (C=O) groups is 4. The Hall–Kier alpha value is -3.70. The van der Waals surface area contributed by atoms with Gasteiger partial charge in [0, 0.05) is 12.1 Å². The number of carbonyl (C=O) groups excluding carboxylic acids is 3. The predicted molar refractivity (Wildman–Crippen MR) is 119 cm³/mol. The SMILES string of the molecule is O=C(O)CN(CC(=O)CF)C(=O)C1CCCCN1C(=O)OC(c1cccc2ccccc12)C(F)(F)F. The Morgan fingerprint density at radius 2 is 1.75 bits per heavy atom. The van der Waals surface area contributed by atoms with Gasteiger partial charge >= 0.3 is 18.2 Å². The molecule has 1 aliphatic heterocycles. The number of hydrogen-bond donors (Lipinski definition) is 1. The van der Waals surface area contributed by atoms with Crippen molar-refractivity contribution in [2.45, 2.75) is 37.6 Å². The molecule has 0 spiro atoms. The number of nitrogens with zero attached hydrogens (tertiary/aromatic N) is 2. The fourth-order valence-corrected chi connectivity index (χ4v) is 4.20. The molecule has 3 rings (SSSR count). The molecule has 0 bridgehead atoms. The maximum atomic E-state index is 14.1. The predicted octanol–water partition coefficient (Wildman–Crippen LogP) is 3.89. The van der Waals surface area contributed by atoms with Crippen LogP contribution in [0.1, 0.15) is 30.9 Å². The van der Waals surface area contributed by atoms with Gasteiger partial charge in [-0.1, -0.05) is 42.5 Å². The molecule has 8 nitrogen and oxygen atoms in total. The highest BCUT2D eigenvalue weighted by atomic mass is 19.4. The van der Waals surface area contributed by atoms with Crippen LogP contribution in [-0.2, 0) is 19.1 Å². The number of piperidine rings is 1. The average Bonchev–Trinajstić information content (AvgIpc) is 2.85. The van der Waals surface area contributed by atoms with E-state index in [9.17, 15) is 36.7 Å². The fraction of sp³-hybridized carbons (Fsp3) is 0.417. The molecular formula is C24H24F4N2O6. The summed E-state index contributed by atoms with van der Waals surface area (Å²) in [5.74, 6) is -3.51. The summed E-state index contributed by atoms with van der Waals surface area (Å²) in [5, 5.41) is 9.83. The zero-order chi connectivity index (χ0) is 26.5. The summed E-state index contributed by atoms with van der Waals surface area (Å²) in [7, 11) is 0. The molecule has 2 amide bonds. The molecule has 0 saturated carbocycles. The monoisotopic (exact) mass is 512 g/mol. The highest BCUT2D eigenvalue weighted by Crippen LogP contribution is 2.39. The van der Waals surface area contributed by atoms with Crippen LogP contribution in [0, 0.1) is 0 Å². The van der Waals surface area contributed by atoms with Crippen LogP contribution in [0.4, 0.5) is 22.4 Å². The van der Waals surface area contributed by atoms with E-state index in [0.717, 1.165) is 4.90 Å². The lowest BCUT2D eigenvalue weighted by Crippen LogP contribution is -2.55. The Morgan fingerprint density at radius 3 is 2.42 bits per heavy atom. The van der Waals surface area contributed by atoms with Crippen molar-refractivity contribution in [3.05, 3.63) is 48.0 Å². The Bertz CT molecular complexity index is 1130. The molecule has 0 aliphatic carbocycles. The van der Waals surface area contributed by atoms with Gasteiger partial charge in [0.2, 0.25) is 12.0 Å². The summed E-state index contributed by atoms with van der Waals surface area (Å²) >= 11 is 0. The van der Waals surface area contributed by atoms with Crippen LogP contribution in [0.2, 0.25) is 0 Å². The van der Waals surface area contributed by atoms with E-state index in [2.05, 4.69) is 0 Å². The van der Waals surface area contributed by atoms with Crippen molar-refractivity contribution >= 4 is 34.5 Å². The molecule has 12 heteroatoms. The van der Waals surface area contributed by atoms with Crippen LogP contribution < -0.4 is 0 Å². The van der Waals surface area contributed by atoms with Crippen LogP contribution in [0.25, 0.3) is 10.8 Å². The van der Waals surface area contributed by atoms with Crippen molar-refractivity contribution in [3.8, 4) is 0 Å². The highest BCUT2D eigenvalue weighted by Gasteiger charge is 2.47. The van der Waals surface area contributed by atoms with Gasteiger partial charge in [0.05, 0.1) is 6.54 Å². The zero-order valence-electron chi connectivity index (χ0n) is 19.0. The lowest BCUT2D eigenvalue weighted by molar-refractivity contribution is -0.209. The number of carboxylic acids is 1. The van der Waals surface area contributed by atoms with E-state index in [0.29, 0.717) is 23.1 Å². The van der Waals surface area contributed by atoms with Gasteiger partial charge in [-0.3, -0.25) is 19.3 Å². The molecule has 2 aromatic rings. The first-order valence-corrected chi connectivity index (χ1v) is 11.1. The quantitative estimate of drug-likeness (QED) is 0.539. The number of amides is 2. The number of hydrogen-bond acceptors (Lipinski definition) is 5. The van der Waals surface area contributed by atoms with E-state index in [-0.39, 0.29) is 23.9 Å². The Labute approximate surface area is 203 Å². The van der Waals surface area contributed by atoms with Gasteiger partial charge in [-0.05, 0) is 30.0 Å². The van der Waals surface area contributed by atoms with Crippen molar-refractivity contribution in [3.63, 3.8) is 0 Å². The molecule has 1 saturated heterocycles. The third-order valence-electron chi connectivity index (χ3n) is 5.80. The number of carboxylic acid groups (broad SMARTS) is 1. The lowest BCUT2D eigenvalue weighted by Gasteiger charge is -2.37. The van der Waals surface area contributed by atoms with Crippen LogP contribution in [0.5, 0.6) is 0 Å². The van der Waals surface area contributed by atoms with Gasteiger partial charge in [0.1, 0.15) is 19.3 Å². The average molecular weight is 512 g/mol. The molecule has 1 N–H and O–H groups in total. The first kappa shape index (κ1) is 26.9. The smallest absolute Gasteiger partial charge is 0.429 e. The van der Waals surface area contributed by atoms with E-state index in [1.807, 2.05) is 0 Å². The Morgan fingerprint density at radius 1 is 1.06 bits per heavy atom. The fourth-order valence-electron chi connectivity index (χ4n) is 4.20. The largest absolute Gasteiger partial charge is 0.480 e.